The Morgan fingerprint density at radius 3 is 3.00 bits per heavy atom. The van der Waals surface area contributed by atoms with Gasteiger partial charge in [0.05, 0.1) is 0 Å². The number of halogens is 1. The maximum Gasteiger partial charge on any atom is 0.288 e. The molecule has 0 aromatic carbocycles. The van der Waals surface area contributed by atoms with Crippen molar-refractivity contribution in [2.75, 3.05) is 0 Å². The van der Waals surface area contributed by atoms with Gasteiger partial charge in [0, 0.05) is 6.20 Å². The number of hydrogen-bond acceptors (Lipinski definition) is 3. The largest absolute Gasteiger partial charge is 0.289 e. The third-order valence-electron chi connectivity index (χ3n) is 2.13. The third kappa shape index (κ3) is 1.35. The predicted molar refractivity (Wildman–Crippen MR) is 51.5 cm³/mol. The normalized spacial score (nSPS) is 10.6. The number of nitrogens with two attached hydrogens (primary N) is 1. The van der Waals surface area contributed by atoms with E-state index in [0.717, 1.165) is 5.56 Å². The second kappa shape index (κ2) is 3.32. The molecule has 2 aromatic rings. The minimum absolute atomic E-state index is 0.299. The zero-order valence-corrected chi connectivity index (χ0v) is 7.99. The highest BCUT2D eigenvalue weighted by molar-refractivity contribution is 5.92. The van der Waals surface area contributed by atoms with Gasteiger partial charge in [-0.1, -0.05) is 6.07 Å². The van der Waals surface area contributed by atoms with E-state index >= 15 is 0 Å². The van der Waals surface area contributed by atoms with Crippen LogP contribution in [0.3, 0.4) is 0 Å². The Bertz CT molecular complexity index is 534. The van der Waals surface area contributed by atoms with Gasteiger partial charge < -0.3 is 0 Å². The molecule has 0 unspecified atom stereocenters. The molecule has 0 saturated heterocycles. The lowest BCUT2D eigenvalue weighted by atomic mass is 10.3. The van der Waals surface area contributed by atoms with Gasteiger partial charge in [-0.25, -0.2) is 10.8 Å². The number of nitrogens with one attached hydrogen (secondary N) is 1. The number of pyridine rings is 1. The average molecular weight is 208 g/mol. The number of hydrazine groups is 1. The molecule has 5 nitrogen and oxygen atoms in total. The van der Waals surface area contributed by atoms with E-state index < -0.39 is 11.9 Å². The van der Waals surface area contributed by atoms with Crippen molar-refractivity contribution < 1.29 is 9.18 Å². The Labute approximate surface area is 84.7 Å². The fourth-order valence-electron chi connectivity index (χ4n) is 1.39. The lowest BCUT2D eigenvalue weighted by Gasteiger charge is -1.95. The van der Waals surface area contributed by atoms with Crippen molar-refractivity contribution in [3.63, 3.8) is 0 Å². The summed E-state index contributed by atoms with van der Waals surface area (Å²) in [6, 6.07) is 3.46. The number of carbonyl (C=O) groups is 1. The molecule has 78 valence electrons. The van der Waals surface area contributed by atoms with Crippen LogP contribution in [0.25, 0.3) is 5.65 Å². The van der Waals surface area contributed by atoms with Crippen LogP contribution in [-0.4, -0.2) is 15.3 Å². The van der Waals surface area contributed by atoms with Crippen LogP contribution in [-0.2, 0) is 0 Å². The molecule has 0 aliphatic carbocycles. The molecule has 0 radical (unpaired) electrons. The molecule has 0 bridgehead atoms. The standard InChI is InChI=1S/C9H9FN4O/c1-5-3-2-4-14-7(10)6(9(15)13-11)12-8(5)14/h2-4H,11H2,1H3,(H,13,15). The topological polar surface area (TPSA) is 72.4 Å². The second-order valence-electron chi connectivity index (χ2n) is 3.11. The fourth-order valence-corrected chi connectivity index (χ4v) is 1.39. The summed E-state index contributed by atoms with van der Waals surface area (Å²) in [5.74, 6) is 3.47. The number of amides is 1. The van der Waals surface area contributed by atoms with Crippen LogP contribution < -0.4 is 11.3 Å². The first kappa shape index (κ1) is 9.60. The Kier molecular flexibility index (Phi) is 2.12. The van der Waals surface area contributed by atoms with E-state index in [1.54, 1.807) is 19.1 Å². The molecule has 3 N–H and O–H groups in total. The molecule has 0 aliphatic rings. The van der Waals surface area contributed by atoms with Gasteiger partial charge in [0.1, 0.15) is 5.65 Å². The van der Waals surface area contributed by atoms with Crippen molar-refractivity contribution >= 4 is 11.6 Å². The van der Waals surface area contributed by atoms with Crippen molar-refractivity contribution in [3.05, 3.63) is 35.5 Å². The van der Waals surface area contributed by atoms with E-state index in [-0.39, 0.29) is 5.69 Å². The highest BCUT2D eigenvalue weighted by Gasteiger charge is 2.18. The summed E-state index contributed by atoms with van der Waals surface area (Å²) in [7, 11) is 0. The van der Waals surface area contributed by atoms with Gasteiger partial charge in [-0.05, 0) is 18.6 Å². The number of fused-ring (bicyclic) bond motifs is 1. The lowest BCUT2D eigenvalue weighted by molar-refractivity contribution is 0.0944. The minimum atomic E-state index is -0.740. The van der Waals surface area contributed by atoms with E-state index in [0.29, 0.717) is 5.65 Å². The SMILES string of the molecule is Cc1cccn2c(F)c(C(=O)NN)nc12. The maximum atomic E-state index is 13.6. The molecule has 0 fully saturated rings. The number of hydrogen-bond donors (Lipinski definition) is 2. The van der Waals surface area contributed by atoms with E-state index in [1.165, 1.54) is 10.6 Å². The molecular weight excluding hydrogens is 199 g/mol. The molecule has 6 heteroatoms. The molecular formula is C9H9FN4O. The average Bonchev–Trinajstić information content (AvgIpc) is 2.57. The van der Waals surface area contributed by atoms with E-state index in [4.69, 9.17) is 5.84 Å². The highest BCUT2D eigenvalue weighted by atomic mass is 19.1. The van der Waals surface area contributed by atoms with Gasteiger partial charge in [-0.15, -0.1) is 0 Å². The monoisotopic (exact) mass is 208 g/mol. The predicted octanol–water partition coefficient (Wildman–Crippen LogP) is 0.385. The van der Waals surface area contributed by atoms with Gasteiger partial charge in [0.2, 0.25) is 5.95 Å². The van der Waals surface area contributed by atoms with Crippen LogP contribution in [0, 0.1) is 12.9 Å². The fraction of sp³-hybridized carbons (Fsp3) is 0.111. The summed E-state index contributed by atoms with van der Waals surface area (Å²) in [5.41, 5.74) is 2.74. The van der Waals surface area contributed by atoms with Crippen molar-refractivity contribution in [3.8, 4) is 0 Å². The number of nitrogen functional groups attached to an aromatic ring is 1. The van der Waals surface area contributed by atoms with E-state index in [1.807, 2.05) is 5.43 Å². The summed E-state index contributed by atoms with van der Waals surface area (Å²) in [6.45, 7) is 1.78. The summed E-state index contributed by atoms with van der Waals surface area (Å²) in [5, 5.41) is 0. The van der Waals surface area contributed by atoms with Crippen molar-refractivity contribution in [1.82, 2.24) is 14.8 Å². The summed E-state index contributed by atoms with van der Waals surface area (Å²) >= 11 is 0. The Hall–Kier alpha value is -1.95. The molecule has 0 saturated carbocycles. The molecule has 15 heavy (non-hydrogen) atoms. The maximum absolute atomic E-state index is 13.6. The summed E-state index contributed by atoms with van der Waals surface area (Å²) < 4.78 is 14.8. The zero-order chi connectivity index (χ0) is 11.0. The number of aryl methyl sites for hydroxylation is 1. The van der Waals surface area contributed by atoms with Gasteiger partial charge in [0.15, 0.2) is 5.69 Å². The molecule has 0 aliphatic heterocycles. The van der Waals surface area contributed by atoms with Crippen molar-refractivity contribution in [2.24, 2.45) is 5.84 Å². The van der Waals surface area contributed by atoms with Crippen LogP contribution >= 0.6 is 0 Å². The lowest BCUT2D eigenvalue weighted by Crippen LogP contribution is -2.31. The highest BCUT2D eigenvalue weighted by Crippen LogP contribution is 2.13. The van der Waals surface area contributed by atoms with Gasteiger partial charge in [0.25, 0.3) is 5.91 Å². The van der Waals surface area contributed by atoms with Crippen LogP contribution in [0.1, 0.15) is 16.1 Å². The summed E-state index contributed by atoms with van der Waals surface area (Å²) in [4.78, 5) is 15.0. The first-order valence-electron chi connectivity index (χ1n) is 4.29. The number of carbonyl (C=O) groups excluding carboxylic acids is 1. The van der Waals surface area contributed by atoms with E-state index in [9.17, 15) is 9.18 Å². The smallest absolute Gasteiger partial charge is 0.288 e. The van der Waals surface area contributed by atoms with Gasteiger partial charge >= 0.3 is 0 Å². The summed E-state index contributed by atoms with van der Waals surface area (Å²) in [6.07, 6.45) is 1.50. The number of imidazole rings is 1. The van der Waals surface area contributed by atoms with Crippen molar-refractivity contribution in [2.45, 2.75) is 6.92 Å². The Morgan fingerprint density at radius 1 is 1.67 bits per heavy atom. The van der Waals surface area contributed by atoms with Crippen LogP contribution in [0.2, 0.25) is 0 Å². The molecule has 0 atom stereocenters. The first-order valence-corrected chi connectivity index (χ1v) is 4.29. The van der Waals surface area contributed by atoms with Gasteiger partial charge in [-0.3, -0.25) is 14.6 Å². The zero-order valence-electron chi connectivity index (χ0n) is 7.99. The number of aromatic nitrogens is 2. The minimum Gasteiger partial charge on any atom is -0.289 e. The molecule has 1 amide bonds. The molecule has 0 spiro atoms. The molecule has 2 aromatic heterocycles. The third-order valence-corrected chi connectivity index (χ3v) is 2.13. The number of nitrogens with zero attached hydrogens (tertiary/aromatic N) is 2. The first-order chi connectivity index (χ1) is 7.15. The van der Waals surface area contributed by atoms with Crippen LogP contribution in [0.15, 0.2) is 18.3 Å². The van der Waals surface area contributed by atoms with Crippen LogP contribution in [0.5, 0.6) is 0 Å². The van der Waals surface area contributed by atoms with E-state index in [2.05, 4.69) is 4.98 Å². The van der Waals surface area contributed by atoms with Gasteiger partial charge in [-0.2, -0.15) is 4.39 Å². The van der Waals surface area contributed by atoms with Crippen molar-refractivity contribution in [1.29, 1.82) is 0 Å². The van der Waals surface area contributed by atoms with Crippen LogP contribution in [0.4, 0.5) is 4.39 Å². The Balaban J connectivity index is 2.75. The number of rotatable bonds is 1. The molecule has 2 rings (SSSR count). The quantitative estimate of drug-likeness (QED) is 0.404. The second-order valence-corrected chi connectivity index (χ2v) is 3.11. The molecule has 2 heterocycles. The Morgan fingerprint density at radius 2 is 2.40 bits per heavy atom.